The lowest BCUT2D eigenvalue weighted by molar-refractivity contribution is -0.384. The Morgan fingerprint density at radius 1 is 1.30 bits per heavy atom. The normalized spacial score (nSPS) is 12.2. The van der Waals surface area contributed by atoms with Crippen molar-refractivity contribution in [1.29, 1.82) is 0 Å². The Labute approximate surface area is 155 Å². The second kappa shape index (κ2) is 12.1. The van der Waals surface area contributed by atoms with E-state index in [9.17, 15) is 10.1 Å². The number of hydrogen-bond donors (Lipinski definition) is 2. The zero-order chi connectivity index (χ0) is 16.4. The molecule has 1 atom stereocenters. The van der Waals surface area contributed by atoms with Gasteiger partial charge in [0.05, 0.1) is 4.92 Å². The molecule has 7 heteroatoms. The van der Waals surface area contributed by atoms with Gasteiger partial charge in [0.25, 0.3) is 5.69 Å². The molecule has 0 saturated heterocycles. The van der Waals surface area contributed by atoms with Crippen LogP contribution in [0.4, 0.5) is 5.69 Å². The van der Waals surface area contributed by atoms with Gasteiger partial charge in [0.15, 0.2) is 5.96 Å². The van der Waals surface area contributed by atoms with Gasteiger partial charge in [0.2, 0.25) is 0 Å². The van der Waals surface area contributed by atoms with E-state index in [2.05, 4.69) is 29.5 Å². The van der Waals surface area contributed by atoms with Gasteiger partial charge in [-0.1, -0.05) is 38.3 Å². The molecule has 0 aliphatic heterocycles. The fourth-order valence-corrected chi connectivity index (χ4v) is 2.12. The molecule has 0 amide bonds. The molecular weight excluding hydrogens is 407 g/mol. The average Bonchev–Trinajstić information content (AvgIpc) is 2.52. The van der Waals surface area contributed by atoms with E-state index in [0.717, 1.165) is 17.9 Å². The van der Waals surface area contributed by atoms with Gasteiger partial charge in [-0.05, 0) is 18.9 Å². The van der Waals surface area contributed by atoms with Crippen LogP contribution in [0.2, 0.25) is 0 Å². The van der Waals surface area contributed by atoms with Crippen LogP contribution in [0.5, 0.6) is 0 Å². The Morgan fingerprint density at radius 3 is 2.48 bits per heavy atom. The van der Waals surface area contributed by atoms with Crippen molar-refractivity contribution in [3.8, 4) is 0 Å². The van der Waals surface area contributed by atoms with Crippen molar-refractivity contribution < 1.29 is 4.92 Å². The quantitative estimate of drug-likeness (QED) is 0.163. The summed E-state index contributed by atoms with van der Waals surface area (Å²) in [7, 11) is 1.74. The molecular formula is C16H27IN4O2. The standard InChI is InChI=1S/C16H26N4O2.HI/c1-4-5-6-7-13(2)19-16(17-3)18-12-14-8-10-15(11-9-14)20(21)22;/h8-11,13H,4-7,12H2,1-3H3,(H2,17,18,19);1H. The van der Waals surface area contributed by atoms with Crippen molar-refractivity contribution >= 4 is 35.6 Å². The third-order valence-corrected chi connectivity index (χ3v) is 3.45. The van der Waals surface area contributed by atoms with Crippen molar-refractivity contribution in [1.82, 2.24) is 10.6 Å². The van der Waals surface area contributed by atoms with E-state index in [4.69, 9.17) is 0 Å². The SMILES string of the molecule is CCCCCC(C)NC(=NC)NCc1ccc([N+](=O)[O-])cc1.I. The number of rotatable bonds is 8. The third-order valence-electron chi connectivity index (χ3n) is 3.45. The molecule has 0 radical (unpaired) electrons. The fraction of sp³-hybridized carbons (Fsp3) is 0.562. The molecule has 0 fully saturated rings. The number of unbranched alkanes of at least 4 members (excludes halogenated alkanes) is 2. The first kappa shape index (κ1) is 21.6. The van der Waals surface area contributed by atoms with Gasteiger partial charge in [0, 0.05) is 31.8 Å². The second-order valence-electron chi connectivity index (χ2n) is 5.39. The first-order valence-corrected chi connectivity index (χ1v) is 7.77. The van der Waals surface area contributed by atoms with Crippen LogP contribution >= 0.6 is 24.0 Å². The highest BCUT2D eigenvalue weighted by Crippen LogP contribution is 2.11. The summed E-state index contributed by atoms with van der Waals surface area (Å²) in [6.07, 6.45) is 4.80. The summed E-state index contributed by atoms with van der Waals surface area (Å²) in [4.78, 5) is 14.4. The van der Waals surface area contributed by atoms with Crippen LogP contribution < -0.4 is 10.6 Å². The first-order valence-electron chi connectivity index (χ1n) is 7.77. The van der Waals surface area contributed by atoms with Crippen LogP contribution in [0.15, 0.2) is 29.3 Å². The van der Waals surface area contributed by atoms with Gasteiger partial charge in [0.1, 0.15) is 0 Å². The summed E-state index contributed by atoms with van der Waals surface area (Å²) in [5.41, 5.74) is 1.09. The molecule has 0 aliphatic rings. The Bertz CT molecular complexity index is 491. The van der Waals surface area contributed by atoms with Crippen LogP contribution in [-0.4, -0.2) is 24.0 Å². The minimum atomic E-state index is -0.393. The van der Waals surface area contributed by atoms with Gasteiger partial charge in [-0.3, -0.25) is 15.1 Å². The van der Waals surface area contributed by atoms with E-state index in [1.165, 1.54) is 31.4 Å². The summed E-state index contributed by atoms with van der Waals surface area (Å²) < 4.78 is 0. The van der Waals surface area contributed by atoms with E-state index < -0.39 is 4.92 Å². The minimum absolute atomic E-state index is 0. The monoisotopic (exact) mass is 434 g/mol. The molecule has 6 nitrogen and oxygen atoms in total. The Hall–Kier alpha value is -1.38. The summed E-state index contributed by atoms with van der Waals surface area (Å²) >= 11 is 0. The Morgan fingerprint density at radius 2 is 1.96 bits per heavy atom. The van der Waals surface area contributed by atoms with Crippen LogP contribution in [0.1, 0.15) is 45.1 Å². The lowest BCUT2D eigenvalue weighted by Crippen LogP contribution is -2.41. The maximum atomic E-state index is 10.6. The maximum Gasteiger partial charge on any atom is 0.269 e. The predicted molar refractivity (Wildman–Crippen MR) is 105 cm³/mol. The number of nitro groups is 1. The molecule has 0 heterocycles. The van der Waals surface area contributed by atoms with Gasteiger partial charge in [-0.25, -0.2) is 0 Å². The van der Waals surface area contributed by atoms with Gasteiger partial charge in [-0.15, -0.1) is 24.0 Å². The predicted octanol–water partition coefficient (Wildman–Crippen LogP) is 3.85. The Kier molecular flexibility index (Phi) is 11.4. The highest BCUT2D eigenvalue weighted by atomic mass is 127. The number of halogens is 1. The summed E-state index contributed by atoms with van der Waals surface area (Å²) in [6, 6.07) is 6.91. The van der Waals surface area contributed by atoms with Crippen molar-refractivity contribution in [2.75, 3.05) is 7.05 Å². The van der Waals surface area contributed by atoms with Gasteiger partial charge >= 0.3 is 0 Å². The van der Waals surface area contributed by atoms with Gasteiger partial charge < -0.3 is 10.6 Å². The smallest absolute Gasteiger partial charge is 0.269 e. The largest absolute Gasteiger partial charge is 0.354 e. The molecule has 130 valence electrons. The number of guanidine groups is 1. The maximum absolute atomic E-state index is 10.6. The van der Waals surface area contributed by atoms with Crippen LogP contribution in [0, 0.1) is 10.1 Å². The number of nitro benzene ring substituents is 1. The lowest BCUT2D eigenvalue weighted by atomic mass is 10.1. The Balaban J connectivity index is 0.00000484. The number of hydrogen-bond acceptors (Lipinski definition) is 3. The van der Waals surface area contributed by atoms with E-state index >= 15 is 0 Å². The van der Waals surface area contributed by atoms with Crippen molar-refractivity contribution in [3.05, 3.63) is 39.9 Å². The number of aliphatic imine (C=N–C) groups is 1. The zero-order valence-electron chi connectivity index (χ0n) is 14.0. The molecule has 1 unspecified atom stereocenters. The highest BCUT2D eigenvalue weighted by Gasteiger charge is 2.06. The van der Waals surface area contributed by atoms with Crippen molar-refractivity contribution in [2.24, 2.45) is 4.99 Å². The molecule has 0 bridgehead atoms. The summed E-state index contributed by atoms with van der Waals surface area (Å²) in [6.45, 7) is 4.93. The van der Waals surface area contributed by atoms with Gasteiger partial charge in [-0.2, -0.15) is 0 Å². The molecule has 0 spiro atoms. The number of nitrogens with zero attached hydrogens (tertiary/aromatic N) is 2. The van der Waals surface area contributed by atoms with Crippen LogP contribution in [0.3, 0.4) is 0 Å². The lowest BCUT2D eigenvalue weighted by Gasteiger charge is -2.17. The molecule has 1 rings (SSSR count). The van der Waals surface area contributed by atoms with E-state index in [1.54, 1.807) is 19.2 Å². The second-order valence-corrected chi connectivity index (χ2v) is 5.39. The molecule has 1 aromatic carbocycles. The molecule has 2 N–H and O–H groups in total. The highest BCUT2D eigenvalue weighted by molar-refractivity contribution is 14.0. The molecule has 0 aromatic heterocycles. The minimum Gasteiger partial charge on any atom is -0.354 e. The molecule has 0 aliphatic carbocycles. The summed E-state index contributed by atoms with van der Waals surface area (Å²) in [5.74, 6) is 0.752. The topological polar surface area (TPSA) is 79.6 Å². The van der Waals surface area contributed by atoms with E-state index in [-0.39, 0.29) is 29.7 Å². The molecule has 0 saturated carbocycles. The fourth-order valence-electron chi connectivity index (χ4n) is 2.12. The molecule has 1 aromatic rings. The van der Waals surface area contributed by atoms with Crippen LogP contribution in [0.25, 0.3) is 0 Å². The number of non-ortho nitro benzene ring substituents is 1. The number of benzene rings is 1. The van der Waals surface area contributed by atoms with E-state index in [0.29, 0.717) is 12.6 Å². The van der Waals surface area contributed by atoms with E-state index in [1.807, 2.05) is 0 Å². The zero-order valence-corrected chi connectivity index (χ0v) is 16.4. The summed E-state index contributed by atoms with van der Waals surface area (Å²) in [5, 5.41) is 17.2. The third kappa shape index (κ3) is 8.73. The average molecular weight is 434 g/mol. The van der Waals surface area contributed by atoms with Crippen molar-refractivity contribution in [2.45, 2.75) is 52.1 Å². The first-order chi connectivity index (χ1) is 10.6. The number of nitrogens with one attached hydrogen (secondary N) is 2. The van der Waals surface area contributed by atoms with Crippen molar-refractivity contribution in [3.63, 3.8) is 0 Å². The molecule has 23 heavy (non-hydrogen) atoms. The van der Waals surface area contributed by atoms with Crippen LogP contribution in [-0.2, 0) is 6.54 Å².